The van der Waals surface area contributed by atoms with Crippen LogP contribution in [0.3, 0.4) is 0 Å². The van der Waals surface area contributed by atoms with Crippen molar-refractivity contribution in [2.24, 2.45) is 0 Å². The molecule has 0 spiro atoms. The number of thioether (sulfide) groups is 1. The third-order valence-electron chi connectivity index (χ3n) is 2.39. The number of rotatable bonds is 9. The molecule has 0 aliphatic heterocycles. The standard InChI is InChI=1S/C14H21NOS/c1-13(14-6-3-2-4-7-14)12-15-8-11-17-10-5-9-16/h2-4,6-7,15-16H,1,5,8-12H2. The van der Waals surface area contributed by atoms with Crippen molar-refractivity contribution in [1.82, 2.24) is 5.32 Å². The molecule has 0 fully saturated rings. The maximum atomic E-state index is 8.63. The van der Waals surface area contributed by atoms with Gasteiger partial charge in [-0.25, -0.2) is 0 Å². The Balaban J connectivity index is 2.05. The van der Waals surface area contributed by atoms with Gasteiger partial charge in [0.25, 0.3) is 0 Å². The molecule has 0 heterocycles. The normalized spacial score (nSPS) is 10.4. The second-order valence-corrected chi connectivity index (χ2v) is 5.06. The van der Waals surface area contributed by atoms with Gasteiger partial charge in [0.05, 0.1) is 0 Å². The van der Waals surface area contributed by atoms with Crippen LogP contribution in [0.15, 0.2) is 36.9 Å². The van der Waals surface area contributed by atoms with E-state index in [4.69, 9.17) is 5.11 Å². The van der Waals surface area contributed by atoms with Crippen molar-refractivity contribution in [3.8, 4) is 0 Å². The molecule has 1 aromatic rings. The minimum absolute atomic E-state index is 0.297. The van der Waals surface area contributed by atoms with Gasteiger partial charge in [0.2, 0.25) is 0 Å². The first-order chi connectivity index (χ1) is 8.34. The van der Waals surface area contributed by atoms with Gasteiger partial charge in [-0.3, -0.25) is 0 Å². The van der Waals surface area contributed by atoms with Gasteiger partial charge in [-0.05, 0) is 23.3 Å². The van der Waals surface area contributed by atoms with Crippen LogP contribution in [0.1, 0.15) is 12.0 Å². The first-order valence-electron chi connectivity index (χ1n) is 5.97. The highest BCUT2D eigenvalue weighted by Crippen LogP contribution is 2.09. The number of benzene rings is 1. The third kappa shape index (κ3) is 6.51. The summed E-state index contributed by atoms with van der Waals surface area (Å²) < 4.78 is 0. The molecular formula is C14H21NOS. The predicted octanol–water partition coefficient (Wildman–Crippen LogP) is 2.41. The summed E-state index contributed by atoms with van der Waals surface area (Å²) in [5.74, 6) is 2.12. The van der Waals surface area contributed by atoms with Crippen molar-refractivity contribution in [3.05, 3.63) is 42.5 Å². The summed E-state index contributed by atoms with van der Waals surface area (Å²) >= 11 is 1.87. The van der Waals surface area contributed by atoms with E-state index in [9.17, 15) is 0 Å². The van der Waals surface area contributed by atoms with Crippen molar-refractivity contribution < 1.29 is 5.11 Å². The van der Waals surface area contributed by atoms with Crippen LogP contribution in [0.25, 0.3) is 5.57 Å². The molecule has 0 bridgehead atoms. The Hall–Kier alpha value is -0.770. The van der Waals surface area contributed by atoms with Gasteiger partial charge in [-0.15, -0.1) is 0 Å². The van der Waals surface area contributed by atoms with Gasteiger partial charge >= 0.3 is 0 Å². The van der Waals surface area contributed by atoms with Crippen LogP contribution < -0.4 is 5.32 Å². The molecule has 0 saturated carbocycles. The fourth-order valence-electron chi connectivity index (χ4n) is 1.43. The lowest BCUT2D eigenvalue weighted by molar-refractivity contribution is 0.296. The Morgan fingerprint density at radius 3 is 2.71 bits per heavy atom. The van der Waals surface area contributed by atoms with E-state index in [0.717, 1.165) is 36.6 Å². The number of nitrogens with one attached hydrogen (secondary N) is 1. The van der Waals surface area contributed by atoms with Gasteiger partial charge < -0.3 is 10.4 Å². The largest absolute Gasteiger partial charge is 0.396 e. The summed E-state index contributed by atoms with van der Waals surface area (Å²) in [6, 6.07) is 10.2. The van der Waals surface area contributed by atoms with Crippen LogP contribution in [-0.2, 0) is 0 Å². The molecule has 0 saturated heterocycles. The van der Waals surface area contributed by atoms with Gasteiger partial charge in [0.15, 0.2) is 0 Å². The van der Waals surface area contributed by atoms with E-state index >= 15 is 0 Å². The molecule has 0 amide bonds. The maximum absolute atomic E-state index is 8.63. The van der Waals surface area contributed by atoms with Gasteiger partial charge in [0, 0.05) is 25.4 Å². The average molecular weight is 251 g/mol. The van der Waals surface area contributed by atoms with E-state index in [-0.39, 0.29) is 0 Å². The van der Waals surface area contributed by atoms with Crippen molar-refractivity contribution in [2.45, 2.75) is 6.42 Å². The molecular weight excluding hydrogens is 230 g/mol. The van der Waals surface area contributed by atoms with Crippen molar-refractivity contribution >= 4 is 17.3 Å². The first kappa shape index (κ1) is 14.3. The molecule has 94 valence electrons. The minimum atomic E-state index is 0.297. The summed E-state index contributed by atoms with van der Waals surface area (Å²) in [7, 11) is 0. The summed E-state index contributed by atoms with van der Waals surface area (Å²) in [5.41, 5.74) is 2.33. The molecule has 0 aliphatic rings. The highest BCUT2D eigenvalue weighted by molar-refractivity contribution is 7.99. The van der Waals surface area contributed by atoms with Crippen LogP contribution in [0, 0.1) is 0 Å². The molecule has 0 unspecified atom stereocenters. The SMILES string of the molecule is C=C(CNCCSCCCO)c1ccccc1. The van der Waals surface area contributed by atoms with Crippen LogP contribution in [0.2, 0.25) is 0 Å². The maximum Gasteiger partial charge on any atom is 0.0438 e. The Morgan fingerprint density at radius 2 is 2.00 bits per heavy atom. The van der Waals surface area contributed by atoms with E-state index in [1.165, 1.54) is 5.56 Å². The molecule has 1 aromatic carbocycles. The molecule has 0 aromatic heterocycles. The second kappa shape index (κ2) is 9.28. The van der Waals surface area contributed by atoms with Crippen LogP contribution in [0.5, 0.6) is 0 Å². The zero-order chi connectivity index (χ0) is 12.3. The molecule has 0 atom stereocenters. The number of aliphatic hydroxyl groups is 1. The van der Waals surface area contributed by atoms with Gasteiger partial charge in [-0.2, -0.15) is 11.8 Å². The second-order valence-electron chi connectivity index (χ2n) is 3.84. The molecule has 1 rings (SSSR count). The van der Waals surface area contributed by atoms with Gasteiger partial charge in [0.1, 0.15) is 0 Å². The number of aliphatic hydroxyl groups excluding tert-OH is 1. The molecule has 17 heavy (non-hydrogen) atoms. The molecule has 2 nitrogen and oxygen atoms in total. The molecule has 0 radical (unpaired) electrons. The summed E-state index contributed by atoms with van der Waals surface area (Å²) in [6.45, 7) is 6.19. The fraction of sp³-hybridized carbons (Fsp3) is 0.429. The van der Waals surface area contributed by atoms with E-state index in [2.05, 4.69) is 24.0 Å². The topological polar surface area (TPSA) is 32.3 Å². The molecule has 3 heteroatoms. The summed E-state index contributed by atoms with van der Waals surface area (Å²) in [4.78, 5) is 0. The van der Waals surface area contributed by atoms with E-state index in [1.807, 2.05) is 30.0 Å². The quantitative estimate of drug-likeness (QED) is 0.661. The Kier molecular flexibility index (Phi) is 7.80. The summed E-state index contributed by atoms with van der Waals surface area (Å²) in [6.07, 6.45) is 0.890. The van der Waals surface area contributed by atoms with Crippen molar-refractivity contribution in [1.29, 1.82) is 0 Å². The zero-order valence-corrected chi connectivity index (χ0v) is 11.0. The lowest BCUT2D eigenvalue weighted by atomic mass is 10.1. The average Bonchev–Trinajstić information content (AvgIpc) is 2.38. The van der Waals surface area contributed by atoms with Crippen molar-refractivity contribution in [3.63, 3.8) is 0 Å². The number of hydrogen-bond donors (Lipinski definition) is 2. The van der Waals surface area contributed by atoms with Crippen molar-refractivity contribution in [2.75, 3.05) is 31.2 Å². The number of hydrogen-bond acceptors (Lipinski definition) is 3. The monoisotopic (exact) mass is 251 g/mol. The Morgan fingerprint density at radius 1 is 1.24 bits per heavy atom. The first-order valence-corrected chi connectivity index (χ1v) is 7.12. The predicted molar refractivity (Wildman–Crippen MR) is 77.4 cm³/mol. The Labute approximate surface area is 108 Å². The molecule has 2 N–H and O–H groups in total. The lowest BCUT2D eigenvalue weighted by Crippen LogP contribution is -2.19. The third-order valence-corrected chi connectivity index (χ3v) is 3.46. The smallest absolute Gasteiger partial charge is 0.0438 e. The lowest BCUT2D eigenvalue weighted by Gasteiger charge is -2.07. The van der Waals surface area contributed by atoms with E-state index in [1.54, 1.807) is 0 Å². The zero-order valence-electron chi connectivity index (χ0n) is 10.2. The van der Waals surface area contributed by atoms with E-state index < -0.39 is 0 Å². The summed E-state index contributed by atoms with van der Waals surface area (Å²) in [5, 5.41) is 12.0. The van der Waals surface area contributed by atoms with E-state index in [0.29, 0.717) is 6.61 Å². The Bertz CT molecular complexity index is 313. The van der Waals surface area contributed by atoms with Crippen LogP contribution >= 0.6 is 11.8 Å². The highest BCUT2D eigenvalue weighted by atomic mass is 32.2. The van der Waals surface area contributed by atoms with Gasteiger partial charge in [-0.1, -0.05) is 36.9 Å². The fourth-order valence-corrected chi connectivity index (χ4v) is 2.25. The minimum Gasteiger partial charge on any atom is -0.396 e. The van der Waals surface area contributed by atoms with Crippen LogP contribution in [-0.4, -0.2) is 36.3 Å². The molecule has 0 aliphatic carbocycles. The van der Waals surface area contributed by atoms with Crippen LogP contribution in [0.4, 0.5) is 0 Å². The highest BCUT2D eigenvalue weighted by Gasteiger charge is 1.97.